The second-order valence-corrected chi connectivity index (χ2v) is 12.0. The molecule has 0 amide bonds. The minimum Gasteiger partial charge on any atom is -0.0986 e. The molecule has 0 spiro atoms. The molecule has 3 aliphatic rings. The van der Waals surface area contributed by atoms with Gasteiger partial charge in [-0.1, -0.05) is 99.2 Å². The fraction of sp³-hybridized carbons (Fsp3) is 0.429. The van der Waals surface area contributed by atoms with E-state index < -0.39 is 0 Å². The van der Waals surface area contributed by atoms with Crippen molar-refractivity contribution in [2.45, 2.75) is 66.7 Å². The van der Waals surface area contributed by atoms with E-state index in [0.29, 0.717) is 11.8 Å². The standard InChI is InChI=1S/C35H42/c1-21-13-25(5)30(15-21)20-33-26(6)14-22(2)16-35(33)31-10-8-9-29-17-28(19-34(29)31)18-32-24(4)12-11-23(3)27(32)7/h8-12,14,16-17,21,23,25,30,32H,4,7,13,15,18-20H2,1-3,5-6H3. The highest BCUT2D eigenvalue weighted by molar-refractivity contribution is 5.80. The minimum atomic E-state index is 0.363. The first-order chi connectivity index (χ1) is 16.7. The zero-order valence-corrected chi connectivity index (χ0v) is 22.5. The molecule has 0 N–H and O–H groups in total. The van der Waals surface area contributed by atoms with Gasteiger partial charge in [0.25, 0.3) is 0 Å². The van der Waals surface area contributed by atoms with Gasteiger partial charge in [-0.3, -0.25) is 0 Å². The van der Waals surface area contributed by atoms with Crippen LogP contribution in [0.1, 0.15) is 67.9 Å². The molecule has 1 fully saturated rings. The smallest absolute Gasteiger partial charge is 0.00826 e. The molecule has 0 aromatic heterocycles. The lowest BCUT2D eigenvalue weighted by molar-refractivity contribution is 0.416. The lowest BCUT2D eigenvalue weighted by Gasteiger charge is -2.28. The molecular formula is C35H42. The molecule has 2 aromatic rings. The second kappa shape index (κ2) is 9.45. The van der Waals surface area contributed by atoms with E-state index in [0.717, 1.165) is 30.6 Å². The van der Waals surface area contributed by atoms with Gasteiger partial charge in [-0.05, 0) is 109 Å². The number of hydrogen-bond donors (Lipinski definition) is 0. The van der Waals surface area contributed by atoms with Crippen molar-refractivity contribution < 1.29 is 0 Å². The van der Waals surface area contributed by atoms with Crippen molar-refractivity contribution in [1.82, 2.24) is 0 Å². The van der Waals surface area contributed by atoms with Crippen molar-refractivity contribution in [1.29, 1.82) is 0 Å². The summed E-state index contributed by atoms with van der Waals surface area (Å²) in [6.07, 6.45) is 12.9. The Morgan fingerprint density at radius 1 is 0.943 bits per heavy atom. The fourth-order valence-electron chi connectivity index (χ4n) is 7.13. The summed E-state index contributed by atoms with van der Waals surface area (Å²) in [5, 5.41) is 0. The van der Waals surface area contributed by atoms with Crippen LogP contribution in [0, 0.1) is 43.4 Å². The summed E-state index contributed by atoms with van der Waals surface area (Å²) in [4.78, 5) is 0. The predicted molar refractivity (Wildman–Crippen MR) is 152 cm³/mol. The van der Waals surface area contributed by atoms with Crippen LogP contribution in [0.5, 0.6) is 0 Å². The highest BCUT2D eigenvalue weighted by atomic mass is 14.4. The summed E-state index contributed by atoms with van der Waals surface area (Å²) in [5.41, 5.74) is 14.3. The molecule has 0 bridgehead atoms. The van der Waals surface area contributed by atoms with Crippen LogP contribution < -0.4 is 0 Å². The number of aryl methyl sites for hydroxylation is 2. The van der Waals surface area contributed by atoms with Gasteiger partial charge in [-0.2, -0.15) is 0 Å². The molecule has 0 aliphatic heterocycles. The van der Waals surface area contributed by atoms with E-state index in [1.165, 1.54) is 69.4 Å². The Balaban J connectivity index is 1.46. The van der Waals surface area contributed by atoms with Gasteiger partial charge in [-0.15, -0.1) is 0 Å². The van der Waals surface area contributed by atoms with Crippen LogP contribution in [0.4, 0.5) is 0 Å². The van der Waals surface area contributed by atoms with Crippen LogP contribution in [0.2, 0.25) is 0 Å². The first-order valence-electron chi connectivity index (χ1n) is 13.7. The van der Waals surface area contributed by atoms with Crippen molar-refractivity contribution in [2.24, 2.45) is 29.6 Å². The monoisotopic (exact) mass is 462 g/mol. The van der Waals surface area contributed by atoms with Gasteiger partial charge in [0.15, 0.2) is 0 Å². The minimum absolute atomic E-state index is 0.363. The molecule has 0 radical (unpaired) electrons. The maximum absolute atomic E-state index is 4.44. The molecule has 2 aromatic carbocycles. The van der Waals surface area contributed by atoms with Gasteiger partial charge in [0.1, 0.15) is 0 Å². The maximum Gasteiger partial charge on any atom is 0.00826 e. The third kappa shape index (κ3) is 4.65. The number of hydrogen-bond acceptors (Lipinski definition) is 0. The number of allylic oxidation sites excluding steroid dienone is 5. The highest BCUT2D eigenvalue weighted by Gasteiger charge is 2.31. The average molecular weight is 463 g/mol. The third-order valence-corrected chi connectivity index (χ3v) is 9.18. The summed E-state index contributed by atoms with van der Waals surface area (Å²) in [7, 11) is 0. The molecular weight excluding hydrogens is 420 g/mol. The van der Waals surface area contributed by atoms with E-state index in [4.69, 9.17) is 0 Å². The van der Waals surface area contributed by atoms with Crippen LogP contribution in [-0.2, 0) is 12.8 Å². The van der Waals surface area contributed by atoms with Crippen LogP contribution in [0.3, 0.4) is 0 Å². The largest absolute Gasteiger partial charge is 0.0986 e. The molecule has 0 heteroatoms. The van der Waals surface area contributed by atoms with Gasteiger partial charge >= 0.3 is 0 Å². The lowest BCUT2D eigenvalue weighted by atomic mass is 9.77. The van der Waals surface area contributed by atoms with E-state index in [1.54, 1.807) is 5.56 Å². The van der Waals surface area contributed by atoms with E-state index in [2.05, 4.69) is 96.3 Å². The topological polar surface area (TPSA) is 0 Å². The van der Waals surface area contributed by atoms with Crippen LogP contribution in [-0.4, -0.2) is 0 Å². The molecule has 0 heterocycles. The van der Waals surface area contributed by atoms with Gasteiger partial charge < -0.3 is 0 Å². The van der Waals surface area contributed by atoms with Crippen LogP contribution >= 0.6 is 0 Å². The van der Waals surface area contributed by atoms with E-state index in [1.807, 2.05) is 0 Å². The normalized spacial score (nSPS) is 27.9. The van der Waals surface area contributed by atoms with Crippen molar-refractivity contribution in [3.8, 4) is 11.1 Å². The molecule has 0 nitrogen and oxygen atoms in total. The summed E-state index contributed by atoms with van der Waals surface area (Å²) >= 11 is 0. The van der Waals surface area contributed by atoms with Crippen molar-refractivity contribution in [3.63, 3.8) is 0 Å². The molecule has 1 saturated carbocycles. The Morgan fingerprint density at radius 3 is 2.49 bits per heavy atom. The van der Waals surface area contributed by atoms with Gasteiger partial charge in [0.05, 0.1) is 0 Å². The number of rotatable bonds is 5. The molecule has 35 heavy (non-hydrogen) atoms. The summed E-state index contributed by atoms with van der Waals surface area (Å²) in [5.74, 6) is 3.28. The Bertz CT molecular complexity index is 1230. The fourth-order valence-corrected chi connectivity index (χ4v) is 7.13. The SMILES string of the molecule is C=C1C=CC(C)C(=C)C1CC1=Cc2cccc(-c3cc(C)cc(C)c3CC3CC(C)CC3C)c2C1. The summed E-state index contributed by atoms with van der Waals surface area (Å²) in [6, 6.07) is 11.8. The van der Waals surface area contributed by atoms with Crippen LogP contribution in [0.25, 0.3) is 17.2 Å². The summed E-state index contributed by atoms with van der Waals surface area (Å²) in [6.45, 7) is 20.5. The Kier molecular flexibility index (Phi) is 6.51. The van der Waals surface area contributed by atoms with Crippen LogP contribution in [0.15, 0.2) is 72.4 Å². The van der Waals surface area contributed by atoms with Gasteiger partial charge in [-0.25, -0.2) is 0 Å². The average Bonchev–Trinajstić information content (AvgIpc) is 3.36. The first-order valence-corrected chi connectivity index (χ1v) is 13.7. The summed E-state index contributed by atoms with van der Waals surface area (Å²) < 4.78 is 0. The van der Waals surface area contributed by atoms with Crippen molar-refractivity contribution >= 4 is 6.08 Å². The predicted octanol–water partition coefficient (Wildman–Crippen LogP) is 9.46. The quantitative estimate of drug-likeness (QED) is 0.388. The Hall–Kier alpha value is -2.60. The van der Waals surface area contributed by atoms with Crippen molar-refractivity contribution in [2.75, 3.05) is 0 Å². The molecule has 182 valence electrons. The van der Waals surface area contributed by atoms with E-state index >= 15 is 0 Å². The van der Waals surface area contributed by atoms with Gasteiger partial charge in [0.2, 0.25) is 0 Å². The lowest BCUT2D eigenvalue weighted by Crippen LogP contribution is -2.15. The molecule has 5 unspecified atom stereocenters. The number of benzene rings is 2. The first kappa shape index (κ1) is 24.1. The third-order valence-electron chi connectivity index (χ3n) is 9.18. The van der Waals surface area contributed by atoms with Gasteiger partial charge in [0, 0.05) is 5.92 Å². The molecule has 5 rings (SSSR count). The molecule has 5 atom stereocenters. The molecule has 0 saturated heterocycles. The Labute approximate surface area is 213 Å². The molecule has 3 aliphatic carbocycles. The number of fused-ring (bicyclic) bond motifs is 1. The van der Waals surface area contributed by atoms with E-state index in [9.17, 15) is 0 Å². The zero-order chi connectivity index (χ0) is 24.9. The maximum atomic E-state index is 4.44. The highest BCUT2D eigenvalue weighted by Crippen LogP contribution is 2.44. The zero-order valence-electron chi connectivity index (χ0n) is 22.5. The second-order valence-electron chi connectivity index (χ2n) is 12.0. The van der Waals surface area contributed by atoms with Crippen molar-refractivity contribution in [3.05, 3.63) is 100 Å². The Morgan fingerprint density at radius 2 is 1.74 bits per heavy atom. The van der Waals surface area contributed by atoms with E-state index in [-0.39, 0.29) is 0 Å².